The number of hydrogen-bond acceptors (Lipinski definition) is 3. The molecule has 1 aromatic carbocycles. The number of aromatic nitrogens is 3. The predicted molar refractivity (Wildman–Crippen MR) is 94.8 cm³/mol. The van der Waals surface area contributed by atoms with E-state index < -0.39 is 23.5 Å². The zero-order chi connectivity index (χ0) is 19.9. The van der Waals surface area contributed by atoms with Crippen LogP contribution in [0.4, 0.5) is 13.2 Å². The van der Waals surface area contributed by atoms with Crippen molar-refractivity contribution < 1.29 is 18.0 Å². The van der Waals surface area contributed by atoms with Crippen molar-refractivity contribution in [3.05, 3.63) is 51.7 Å². The summed E-state index contributed by atoms with van der Waals surface area (Å²) in [7, 11) is 0. The Kier molecular flexibility index (Phi) is 4.76. The van der Waals surface area contributed by atoms with Gasteiger partial charge in [-0.05, 0) is 43.4 Å². The summed E-state index contributed by atoms with van der Waals surface area (Å²) in [4.78, 5) is 27.5. The predicted octanol–water partition coefficient (Wildman–Crippen LogP) is 2.61. The van der Waals surface area contributed by atoms with Gasteiger partial charge in [0.2, 0.25) is 5.91 Å². The number of likely N-dealkylation sites (tertiary alicyclic amines) is 1. The highest BCUT2D eigenvalue weighted by atomic mass is 19.4. The van der Waals surface area contributed by atoms with Crippen molar-refractivity contribution in [2.24, 2.45) is 0 Å². The van der Waals surface area contributed by atoms with Gasteiger partial charge in [-0.3, -0.25) is 9.36 Å². The van der Waals surface area contributed by atoms with Crippen molar-refractivity contribution >= 4 is 5.91 Å². The molecule has 1 aromatic heterocycles. The molecular formula is C19H21F3N4O2. The fraction of sp³-hybridized carbons (Fsp3) is 0.526. The van der Waals surface area contributed by atoms with Gasteiger partial charge in [0.05, 0.1) is 12.1 Å². The third-order valence-corrected chi connectivity index (χ3v) is 5.42. The lowest BCUT2D eigenvalue weighted by atomic mass is 10.0. The summed E-state index contributed by atoms with van der Waals surface area (Å²) in [5, 5.41) is 4.31. The summed E-state index contributed by atoms with van der Waals surface area (Å²) in [6.45, 7) is 1.35. The molecule has 2 aliphatic heterocycles. The van der Waals surface area contributed by atoms with Gasteiger partial charge in [0.15, 0.2) is 0 Å². The van der Waals surface area contributed by atoms with E-state index in [4.69, 9.17) is 0 Å². The number of halogens is 3. The lowest BCUT2D eigenvalue weighted by molar-refractivity contribution is -0.137. The highest BCUT2D eigenvalue weighted by Gasteiger charge is 2.34. The summed E-state index contributed by atoms with van der Waals surface area (Å²) in [6.07, 6.45) is -0.595. The summed E-state index contributed by atoms with van der Waals surface area (Å²) >= 11 is 0. The lowest BCUT2D eigenvalue weighted by Gasteiger charge is -2.27. The van der Waals surface area contributed by atoms with Gasteiger partial charge in [0.1, 0.15) is 11.9 Å². The second-order valence-corrected chi connectivity index (χ2v) is 7.37. The molecule has 0 saturated carbocycles. The Morgan fingerprint density at radius 3 is 2.64 bits per heavy atom. The van der Waals surface area contributed by atoms with Crippen molar-refractivity contribution in [3.63, 3.8) is 0 Å². The number of fused-ring (bicyclic) bond motifs is 1. The standard InChI is InChI=1S/C19H21F3N4O2/c20-19(21,22)14-6-3-5-13(11-14)12-25-18(28)26-15(7-4-8-16(26)23-25)17(27)24-9-1-2-10-24/h3,5-6,11,15H,1-2,4,7-10,12H2/t15-/m1/s1. The quantitative estimate of drug-likeness (QED) is 0.804. The van der Waals surface area contributed by atoms with Crippen molar-refractivity contribution in [1.82, 2.24) is 19.2 Å². The van der Waals surface area contributed by atoms with Crippen LogP contribution in [0.2, 0.25) is 0 Å². The molecule has 1 fully saturated rings. The van der Waals surface area contributed by atoms with Gasteiger partial charge in [0.25, 0.3) is 0 Å². The van der Waals surface area contributed by atoms with Crippen molar-refractivity contribution in [1.29, 1.82) is 0 Å². The number of hydrogen-bond donors (Lipinski definition) is 0. The van der Waals surface area contributed by atoms with E-state index in [2.05, 4.69) is 5.10 Å². The molecule has 1 atom stereocenters. The van der Waals surface area contributed by atoms with Crippen LogP contribution in [0.3, 0.4) is 0 Å². The maximum Gasteiger partial charge on any atom is 0.416 e. The molecule has 6 nitrogen and oxygen atoms in total. The third-order valence-electron chi connectivity index (χ3n) is 5.42. The molecule has 0 spiro atoms. The average Bonchev–Trinajstić information content (AvgIpc) is 3.30. The van der Waals surface area contributed by atoms with Crippen LogP contribution in [-0.2, 0) is 23.9 Å². The van der Waals surface area contributed by atoms with E-state index in [1.807, 2.05) is 0 Å². The highest BCUT2D eigenvalue weighted by molar-refractivity contribution is 5.80. The molecule has 1 saturated heterocycles. The SMILES string of the molecule is O=C([C@H]1CCCc2nn(Cc3cccc(C(F)(F)F)c3)c(=O)n21)N1CCCC1. The van der Waals surface area contributed by atoms with Gasteiger partial charge in [0, 0.05) is 19.5 Å². The topological polar surface area (TPSA) is 60.1 Å². The minimum absolute atomic E-state index is 0.0563. The molecule has 0 unspecified atom stereocenters. The second-order valence-electron chi connectivity index (χ2n) is 7.37. The van der Waals surface area contributed by atoms with Crippen molar-refractivity contribution in [3.8, 4) is 0 Å². The minimum atomic E-state index is -4.44. The van der Waals surface area contributed by atoms with Crippen LogP contribution in [0.1, 0.15) is 48.7 Å². The summed E-state index contributed by atoms with van der Waals surface area (Å²) in [5.41, 5.74) is -0.858. The van der Waals surface area contributed by atoms with Crippen molar-refractivity contribution in [2.75, 3.05) is 13.1 Å². The van der Waals surface area contributed by atoms with Crippen LogP contribution >= 0.6 is 0 Å². The Hall–Kier alpha value is -2.58. The Bertz CT molecular complexity index is 941. The zero-order valence-corrected chi connectivity index (χ0v) is 15.3. The first-order valence-corrected chi connectivity index (χ1v) is 9.48. The second kappa shape index (κ2) is 7.10. The third kappa shape index (κ3) is 3.45. The molecule has 9 heteroatoms. The molecule has 28 heavy (non-hydrogen) atoms. The van der Waals surface area contributed by atoms with Crippen LogP contribution in [0, 0.1) is 0 Å². The van der Waals surface area contributed by atoms with Gasteiger partial charge in [-0.2, -0.15) is 18.3 Å². The largest absolute Gasteiger partial charge is 0.416 e. The number of nitrogens with zero attached hydrogens (tertiary/aromatic N) is 4. The molecule has 0 aliphatic carbocycles. The summed E-state index contributed by atoms with van der Waals surface area (Å²) < 4.78 is 41.4. The number of aryl methyl sites for hydroxylation is 1. The molecule has 150 valence electrons. The lowest BCUT2D eigenvalue weighted by Crippen LogP contribution is -2.41. The van der Waals surface area contributed by atoms with Crippen LogP contribution in [0.5, 0.6) is 0 Å². The first-order chi connectivity index (χ1) is 13.3. The summed E-state index contributed by atoms with van der Waals surface area (Å²) in [6, 6.07) is 4.31. The number of benzene rings is 1. The fourth-order valence-corrected chi connectivity index (χ4v) is 4.04. The number of rotatable bonds is 3. The summed E-state index contributed by atoms with van der Waals surface area (Å²) in [5.74, 6) is 0.472. The fourth-order valence-electron chi connectivity index (χ4n) is 4.04. The minimum Gasteiger partial charge on any atom is -0.341 e. The van der Waals surface area contributed by atoms with Crippen LogP contribution in [0.25, 0.3) is 0 Å². The molecule has 4 rings (SSSR count). The smallest absolute Gasteiger partial charge is 0.341 e. The van der Waals surface area contributed by atoms with Crippen LogP contribution in [-0.4, -0.2) is 38.2 Å². The number of amides is 1. The van der Waals surface area contributed by atoms with E-state index in [0.29, 0.717) is 37.3 Å². The number of alkyl halides is 3. The molecule has 3 heterocycles. The van der Waals surface area contributed by atoms with Crippen LogP contribution in [0.15, 0.2) is 29.1 Å². The highest BCUT2D eigenvalue weighted by Crippen LogP contribution is 2.30. The Labute approximate surface area is 159 Å². The molecule has 2 aromatic rings. The van der Waals surface area contributed by atoms with E-state index in [9.17, 15) is 22.8 Å². The van der Waals surface area contributed by atoms with Gasteiger partial charge >= 0.3 is 11.9 Å². The van der Waals surface area contributed by atoms with Crippen molar-refractivity contribution in [2.45, 2.75) is 50.9 Å². The van der Waals surface area contributed by atoms with Crippen LogP contribution < -0.4 is 5.69 Å². The Balaban J connectivity index is 1.63. The monoisotopic (exact) mass is 394 g/mol. The van der Waals surface area contributed by atoms with Gasteiger partial charge in [-0.1, -0.05) is 12.1 Å². The maximum atomic E-state index is 12.9. The van der Waals surface area contributed by atoms with Gasteiger partial charge in [-0.15, -0.1) is 0 Å². The molecule has 2 aliphatic rings. The van der Waals surface area contributed by atoms with E-state index in [0.717, 1.165) is 31.4 Å². The van der Waals surface area contributed by atoms with E-state index in [-0.39, 0.29) is 12.5 Å². The van der Waals surface area contributed by atoms with E-state index >= 15 is 0 Å². The molecule has 0 N–H and O–H groups in total. The van der Waals surface area contributed by atoms with E-state index in [1.165, 1.54) is 21.4 Å². The normalized spacial score (nSPS) is 19.7. The van der Waals surface area contributed by atoms with Gasteiger partial charge < -0.3 is 4.90 Å². The Morgan fingerprint density at radius 2 is 1.93 bits per heavy atom. The Morgan fingerprint density at radius 1 is 1.18 bits per heavy atom. The number of carbonyl (C=O) groups is 1. The van der Waals surface area contributed by atoms with Gasteiger partial charge in [-0.25, -0.2) is 9.48 Å². The maximum absolute atomic E-state index is 12.9. The first-order valence-electron chi connectivity index (χ1n) is 9.48. The first kappa shape index (κ1) is 18.8. The average molecular weight is 394 g/mol. The van der Waals surface area contributed by atoms with E-state index in [1.54, 1.807) is 4.90 Å². The molecule has 0 radical (unpaired) electrons. The number of carbonyl (C=O) groups excluding carboxylic acids is 1. The molecule has 0 bridgehead atoms. The molecule has 1 amide bonds. The zero-order valence-electron chi connectivity index (χ0n) is 15.3. The molecular weight excluding hydrogens is 373 g/mol.